The Bertz CT molecular complexity index is 1260. The molecule has 1 N–H and O–H groups in total. The van der Waals surface area contributed by atoms with Gasteiger partial charge in [0.25, 0.3) is 5.91 Å². The summed E-state index contributed by atoms with van der Waals surface area (Å²) in [7, 11) is -3.69. The zero-order valence-electron chi connectivity index (χ0n) is 19.7. The van der Waals surface area contributed by atoms with Crippen LogP contribution in [0.15, 0.2) is 71.8 Å². The molecule has 1 saturated heterocycles. The molecule has 5 rings (SSSR count). The third kappa shape index (κ3) is 5.32. The predicted octanol–water partition coefficient (Wildman–Crippen LogP) is 3.76. The number of carbonyl (C=O) groups is 1. The SMILES string of the molecule is O=C(Nc1ccnn1C1CCCC1)c1cccc(S(=O)(=O)N2CCN(Cc3ccccc3)CC2)c1. The Morgan fingerprint density at radius 2 is 1.69 bits per heavy atom. The number of amides is 1. The summed E-state index contributed by atoms with van der Waals surface area (Å²) in [5.74, 6) is 0.305. The van der Waals surface area contributed by atoms with E-state index in [0.29, 0.717) is 43.6 Å². The highest BCUT2D eigenvalue weighted by molar-refractivity contribution is 7.89. The lowest BCUT2D eigenvalue weighted by Gasteiger charge is -2.34. The van der Waals surface area contributed by atoms with Crippen LogP contribution >= 0.6 is 0 Å². The molecule has 9 heteroatoms. The molecule has 2 heterocycles. The van der Waals surface area contributed by atoms with Crippen molar-refractivity contribution in [2.24, 2.45) is 0 Å². The molecule has 2 aromatic carbocycles. The van der Waals surface area contributed by atoms with Crippen molar-refractivity contribution in [1.82, 2.24) is 19.0 Å². The highest BCUT2D eigenvalue weighted by Crippen LogP contribution is 2.31. The van der Waals surface area contributed by atoms with Gasteiger partial charge in [0.2, 0.25) is 10.0 Å². The van der Waals surface area contributed by atoms with Gasteiger partial charge in [-0.3, -0.25) is 9.69 Å². The second kappa shape index (κ2) is 10.3. The van der Waals surface area contributed by atoms with Crippen LogP contribution in [0.3, 0.4) is 0 Å². The van der Waals surface area contributed by atoms with Gasteiger partial charge in [0.05, 0.1) is 17.1 Å². The van der Waals surface area contributed by atoms with Crippen LogP contribution < -0.4 is 5.32 Å². The van der Waals surface area contributed by atoms with Gasteiger partial charge in [-0.1, -0.05) is 49.2 Å². The van der Waals surface area contributed by atoms with Gasteiger partial charge in [0.15, 0.2) is 0 Å². The van der Waals surface area contributed by atoms with Crippen molar-refractivity contribution < 1.29 is 13.2 Å². The third-order valence-corrected chi connectivity index (χ3v) is 8.79. The summed E-state index contributed by atoms with van der Waals surface area (Å²) in [5, 5.41) is 7.31. The highest BCUT2D eigenvalue weighted by atomic mass is 32.2. The van der Waals surface area contributed by atoms with E-state index in [1.54, 1.807) is 30.5 Å². The summed E-state index contributed by atoms with van der Waals surface area (Å²) in [4.78, 5) is 15.4. The molecule has 8 nitrogen and oxygen atoms in total. The van der Waals surface area contributed by atoms with Crippen molar-refractivity contribution in [3.8, 4) is 0 Å². The van der Waals surface area contributed by atoms with Crippen LogP contribution in [-0.4, -0.2) is 59.5 Å². The lowest BCUT2D eigenvalue weighted by molar-refractivity contribution is 0.102. The third-order valence-electron chi connectivity index (χ3n) is 6.90. The molecule has 1 aliphatic carbocycles. The number of nitrogens with one attached hydrogen (secondary N) is 1. The van der Waals surface area contributed by atoms with E-state index in [-0.39, 0.29) is 10.8 Å². The van der Waals surface area contributed by atoms with E-state index in [1.807, 2.05) is 22.9 Å². The molecule has 3 aromatic rings. The molecular weight excluding hydrogens is 462 g/mol. The summed E-state index contributed by atoms with van der Waals surface area (Å²) in [6.07, 6.45) is 6.12. The fraction of sp³-hybridized carbons (Fsp3) is 0.385. The van der Waals surface area contributed by atoms with Crippen LogP contribution in [0, 0.1) is 0 Å². The zero-order valence-corrected chi connectivity index (χ0v) is 20.5. The van der Waals surface area contributed by atoms with Gasteiger partial charge < -0.3 is 5.32 Å². The number of carbonyl (C=O) groups excluding carboxylic acids is 1. The van der Waals surface area contributed by atoms with Crippen LogP contribution in [0.25, 0.3) is 0 Å². The summed E-state index contributed by atoms with van der Waals surface area (Å²) in [5.41, 5.74) is 1.53. The molecule has 1 amide bonds. The topological polar surface area (TPSA) is 87.5 Å². The van der Waals surface area contributed by atoms with Gasteiger partial charge in [-0.05, 0) is 36.6 Å². The molecule has 1 saturated carbocycles. The van der Waals surface area contributed by atoms with Crippen molar-refractivity contribution in [3.63, 3.8) is 0 Å². The first kappa shape index (κ1) is 23.7. The van der Waals surface area contributed by atoms with Gasteiger partial charge in [0.1, 0.15) is 5.82 Å². The first-order valence-electron chi connectivity index (χ1n) is 12.2. The molecule has 0 spiro atoms. The summed E-state index contributed by atoms with van der Waals surface area (Å²) in [6, 6.07) is 18.6. The average molecular weight is 494 g/mol. The Hall–Kier alpha value is -3.01. The van der Waals surface area contributed by atoms with E-state index in [2.05, 4.69) is 27.4 Å². The Labute approximate surface area is 206 Å². The second-order valence-electron chi connectivity index (χ2n) is 9.25. The molecule has 2 fully saturated rings. The number of anilines is 1. The van der Waals surface area contributed by atoms with Crippen LogP contribution in [0.1, 0.15) is 47.6 Å². The number of rotatable bonds is 7. The first-order valence-corrected chi connectivity index (χ1v) is 13.7. The predicted molar refractivity (Wildman–Crippen MR) is 135 cm³/mol. The van der Waals surface area contributed by atoms with E-state index in [4.69, 9.17) is 0 Å². The number of benzene rings is 2. The summed E-state index contributed by atoms with van der Waals surface area (Å²) >= 11 is 0. The second-order valence-corrected chi connectivity index (χ2v) is 11.2. The van der Waals surface area contributed by atoms with E-state index < -0.39 is 10.0 Å². The van der Waals surface area contributed by atoms with Gasteiger partial charge in [0, 0.05) is 44.4 Å². The highest BCUT2D eigenvalue weighted by Gasteiger charge is 2.29. The monoisotopic (exact) mass is 493 g/mol. The quantitative estimate of drug-likeness (QED) is 0.542. The fourth-order valence-electron chi connectivity index (χ4n) is 4.96. The van der Waals surface area contributed by atoms with Crippen LogP contribution in [0.2, 0.25) is 0 Å². The normalized spacial score (nSPS) is 18.1. The molecule has 35 heavy (non-hydrogen) atoms. The maximum atomic E-state index is 13.3. The van der Waals surface area contributed by atoms with Gasteiger partial charge in [-0.2, -0.15) is 9.40 Å². The van der Waals surface area contributed by atoms with E-state index >= 15 is 0 Å². The Kier molecular flexibility index (Phi) is 6.99. The van der Waals surface area contributed by atoms with Crippen LogP contribution in [0.4, 0.5) is 5.82 Å². The number of piperazine rings is 1. The molecule has 1 aromatic heterocycles. The van der Waals surface area contributed by atoms with Crippen molar-refractivity contribution in [2.75, 3.05) is 31.5 Å². The average Bonchev–Trinajstić information content (AvgIpc) is 3.57. The summed E-state index contributed by atoms with van der Waals surface area (Å²) in [6.45, 7) is 2.99. The lowest BCUT2D eigenvalue weighted by atomic mass is 10.2. The molecule has 2 aliphatic rings. The fourth-order valence-corrected chi connectivity index (χ4v) is 6.43. The summed E-state index contributed by atoms with van der Waals surface area (Å²) < 4.78 is 30.1. The van der Waals surface area contributed by atoms with Crippen LogP contribution in [-0.2, 0) is 16.6 Å². The number of nitrogens with zero attached hydrogens (tertiary/aromatic N) is 4. The van der Waals surface area contributed by atoms with Crippen LogP contribution in [0.5, 0.6) is 0 Å². The van der Waals surface area contributed by atoms with E-state index in [9.17, 15) is 13.2 Å². The first-order chi connectivity index (χ1) is 17.0. The minimum atomic E-state index is -3.69. The maximum Gasteiger partial charge on any atom is 0.256 e. The Morgan fingerprint density at radius 3 is 2.43 bits per heavy atom. The molecule has 0 unspecified atom stereocenters. The molecule has 184 valence electrons. The molecule has 0 radical (unpaired) electrons. The number of sulfonamides is 1. The molecule has 0 atom stereocenters. The molecule has 0 bridgehead atoms. The van der Waals surface area contributed by atoms with Crippen molar-refractivity contribution in [1.29, 1.82) is 0 Å². The minimum absolute atomic E-state index is 0.144. The minimum Gasteiger partial charge on any atom is -0.307 e. The Morgan fingerprint density at radius 1 is 0.943 bits per heavy atom. The van der Waals surface area contributed by atoms with E-state index in [1.165, 1.54) is 28.8 Å². The van der Waals surface area contributed by atoms with Gasteiger partial charge in [-0.15, -0.1) is 0 Å². The molecule has 1 aliphatic heterocycles. The van der Waals surface area contributed by atoms with Crippen molar-refractivity contribution in [3.05, 3.63) is 78.0 Å². The standard InChI is InChI=1S/C26H31N5O3S/c32-26(28-25-13-14-27-31(25)23-10-4-5-11-23)22-9-6-12-24(19-22)35(33,34)30-17-15-29(16-18-30)20-21-7-2-1-3-8-21/h1-3,6-9,12-14,19,23H,4-5,10-11,15-18,20H2,(H,28,32). The molecular formula is C26H31N5O3S. The van der Waals surface area contributed by atoms with Crippen molar-refractivity contribution in [2.45, 2.75) is 43.2 Å². The number of aromatic nitrogens is 2. The number of hydrogen-bond acceptors (Lipinski definition) is 5. The largest absolute Gasteiger partial charge is 0.307 e. The lowest BCUT2D eigenvalue weighted by Crippen LogP contribution is -2.48. The smallest absolute Gasteiger partial charge is 0.256 e. The maximum absolute atomic E-state index is 13.3. The van der Waals surface area contributed by atoms with E-state index in [0.717, 1.165) is 19.4 Å². The Balaban J connectivity index is 1.24. The van der Waals surface area contributed by atoms with Gasteiger partial charge >= 0.3 is 0 Å². The zero-order chi connectivity index (χ0) is 24.3. The van der Waals surface area contributed by atoms with Crippen molar-refractivity contribution >= 4 is 21.7 Å². The number of hydrogen-bond donors (Lipinski definition) is 1. The van der Waals surface area contributed by atoms with Gasteiger partial charge in [-0.25, -0.2) is 13.1 Å².